The number of allylic oxidation sites excluding steroid dienone is 10. The molecule has 0 bridgehead atoms. The van der Waals surface area contributed by atoms with E-state index in [1.165, 1.54) is 0 Å². The molecule has 0 amide bonds. The van der Waals surface area contributed by atoms with Gasteiger partial charge in [0.1, 0.15) is 11.5 Å². The summed E-state index contributed by atoms with van der Waals surface area (Å²) in [7, 11) is -6.32. The van der Waals surface area contributed by atoms with E-state index in [9.17, 15) is 9.13 Å². The van der Waals surface area contributed by atoms with Crippen LogP contribution in [0.5, 0.6) is 5.75 Å². The highest BCUT2D eigenvalue weighted by molar-refractivity contribution is 7.68. The lowest BCUT2D eigenvalue weighted by Gasteiger charge is -2.36. The van der Waals surface area contributed by atoms with Crippen molar-refractivity contribution in [3.8, 4) is 5.75 Å². The lowest BCUT2D eigenvalue weighted by atomic mass is 9.93. The van der Waals surface area contributed by atoms with Crippen molar-refractivity contribution in [3.05, 3.63) is 93.8 Å². The summed E-state index contributed by atoms with van der Waals surface area (Å²) in [6.07, 6.45) is 18.2. The molecule has 0 saturated heterocycles. The molecule has 0 fully saturated rings. The Hall–Kier alpha value is -2.28. The van der Waals surface area contributed by atoms with Crippen LogP contribution in [-0.4, -0.2) is 12.3 Å². The predicted octanol–water partition coefficient (Wildman–Crippen LogP) is 7.93. The van der Waals surface area contributed by atoms with Gasteiger partial charge in [-0.05, 0) is 61.8 Å². The summed E-state index contributed by atoms with van der Waals surface area (Å²) in [5.41, 5.74) is 4.15. The lowest BCUT2D eigenvalue weighted by molar-refractivity contribution is 0.406. The Balaban J connectivity index is 1.38. The van der Waals surface area contributed by atoms with Crippen molar-refractivity contribution in [2.45, 2.75) is 38.5 Å². The highest BCUT2D eigenvalue weighted by Gasteiger charge is 2.44. The summed E-state index contributed by atoms with van der Waals surface area (Å²) in [6.45, 7) is 0. The maximum absolute atomic E-state index is 14.3. The standard InChI is InChI=1S/C26H26O4P2/c27-31(25-15-7-3-11-21(25)19-9-1-5-13-23(19)29-31)17-18-32(28)26-16-8-4-12-22(26)20-10-2-6-14-24(20)30-32/h1,3-5,9-14H,2,6-8,15-18H2. The van der Waals surface area contributed by atoms with Crippen molar-refractivity contribution >= 4 is 20.3 Å². The van der Waals surface area contributed by atoms with Gasteiger partial charge in [0.15, 0.2) is 0 Å². The van der Waals surface area contributed by atoms with E-state index >= 15 is 0 Å². The van der Waals surface area contributed by atoms with Gasteiger partial charge in [0.25, 0.3) is 14.7 Å². The second kappa shape index (κ2) is 7.65. The first kappa shape index (κ1) is 20.3. The number of fused-ring (bicyclic) bond motifs is 4. The Bertz CT molecular complexity index is 1290. The molecule has 5 aliphatic rings. The van der Waals surface area contributed by atoms with Crippen LogP contribution in [0.2, 0.25) is 0 Å². The summed E-state index contributed by atoms with van der Waals surface area (Å²) >= 11 is 0. The fourth-order valence-corrected chi connectivity index (χ4v) is 11.4. The summed E-state index contributed by atoms with van der Waals surface area (Å²) < 4.78 is 40.9. The van der Waals surface area contributed by atoms with E-state index in [0.29, 0.717) is 5.75 Å². The third-order valence-corrected chi connectivity index (χ3v) is 12.4. The minimum atomic E-state index is -3.17. The summed E-state index contributed by atoms with van der Waals surface area (Å²) in [5.74, 6) is 1.39. The average Bonchev–Trinajstić information content (AvgIpc) is 2.84. The zero-order chi connectivity index (χ0) is 21.8. The normalized spacial score (nSPS) is 30.2. The molecule has 0 saturated carbocycles. The van der Waals surface area contributed by atoms with Crippen molar-refractivity contribution < 1.29 is 18.2 Å². The van der Waals surface area contributed by atoms with Crippen LogP contribution < -0.4 is 4.52 Å². The number of rotatable bonds is 3. The second-order valence-electron chi connectivity index (χ2n) is 8.84. The van der Waals surface area contributed by atoms with Crippen LogP contribution in [0.15, 0.2) is 88.3 Å². The maximum atomic E-state index is 14.3. The largest absolute Gasteiger partial charge is 0.440 e. The first-order chi connectivity index (χ1) is 15.6. The second-order valence-corrected chi connectivity index (χ2v) is 13.9. The van der Waals surface area contributed by atoms with Gasteiger partial charge in [-0.25, -0.2) is 0 Å². The molecule has 1 aromatic rings. The Morgan fingerprint density at radius 2 is 1.41 bits per heavy atom. The average molecular weight is 464 g/mol. The van der Waals surface area contributed by atoms with Gasteiger partial charge in [-0.1, -0.05) is 48.6 Å². The van der Waals surface area contributed by atoms with Gasteiger partial charge < -0.3 is 9.05 Å². The number of benzene rings is 1. The Labute approximate surface area is 189 Å². The highest BCUT2D eigenvalue weighted by Crippen LogP contribution is 2.70. The first-order valence-corrected chi connectivity index (χ1v) is 15.1. The van der Waals surface area contributed by atoms with Crippen molar-refractivity contribution in [1.29, 1.82) is 0 Å². The monoisotopic (exact) mass is 464 g/mol. The molecule has 164 valence electrons. The SMILES string of the molecule is O=P1(CCP2(=O)Oc3ccccc3C3=C2CCC=C3)OC2=CCCC=C2C2=C1CCC=C2. The molecule has 2 atom stereocenters. The smallest absolute Gasteiger partial charge is 0.274 e. The fourth-order valence-electron chi connectivity index (χ4n) is 5.31. The molecule has 2 heterocycles. The van der Waals surface area contributed by atoms with Gasteiger partial charge in [0.05, 0.1) is 0 Å². The van der Waals surface area contributed by atoms with E-state index in [4.69, 9.17) is 9.05 Å². The van der Waals surface area contributed by atoms with Crippen LogP contribution in [0.25, 0.3) is 5.57 Å². The van der Waals surface area contributed by atoms with E-state index < -0.39 is 14.7 Å². The third kappa shape index (κ3) is 3.19. The molecule has 0 aromatic heterocycles. The maximum Gasteiger partial charge on any atom is 0.274 e. The van der Waals surface area contributed by atoms with E-state index in [0.717, 1.165) is 77.2 Å². The molecule has 2 aliphatic heterocycles. The van der Waals surface area contributed by atoms with Crippen LogP contribution in [0.3, 0.4) is 0 Å². The van der Waals surface area contributed by atoms with Crippen LogP contribution in [-0.2, 0) is 13.7 Å². The Morgan fingerprint density at radius 1 is 0.750 bits per heavy atom. The third-order valence-electron chi connectivity index (χ3n) is 6.87. The fraction of sp³-hybridized carbons (Fsp3) is 0.308. The number of hydrogen-bond donors (Lipinski definition) is 0. The number of para-hydroxylation sites is 1. The molecule has 1 aromatic carbocycles. The zero-order valence-corrected chi connectivity index (χ0v) is 19.7. The summed E-state index contributed by atoms with van der Waals surface area (Å²) in [5, 5.41) is 1.80. The Kier molecular flexibility index (Phi) is 4.86. The Morgan fingerprint density at radius 3 is 2.22 bits per heavy atom. The van der Waals surface area contributed by atoms with Gasteiger partial charge in [-0.3, -0.25) is 9.13 Å². The predicted molar refractivity (Wildman–Crippen MR) is 129 cm³/mol. The first-order valence-electron chi connectivity index (χ1n) is 11.5. The van der Waals surface area contributed by atoms with Crippen LogP contribution in [0.4, 0.5) is 0 Å². The highest BCUT2D eigenvalue weighted by atomic mass is 31.2. The van der Waals surface area contributed by atoms with Gasteiger partial charge >= 0.3 is 0 Å². The molecule has 4 nitrogen and oxygen atoms in total. The summed E-state index contributed by atoms with van der Waals surface area (Å²) in [4.78, 5) is 0. The molecule has 32 heavy (non-hydrogen) atoms. The molecule has 0 radical (unpaired) electrons. The van der Waals surface area contributed by atoms with Crippen molar-refractivity contribution in [1.82, 2.24) is 0 Å². The van der Waals surface area contributed by atoms with E-state index in [2.05, 4.69) is 36.5 Å². The van der Waals surface area contributed by atoms with E-state index in [1.54, 1.807) is 0 Å². The van der Waals surface area contributed by atoms with E-state index in [-0.39, 0.29) is 12.3 Å². The van der Waals surface area contributed by atoms with Crippen molar-refractivity contribution in [3.63, 3.8) is 0 Å². The lowest BCUT2D eigenvalue weighted by Crippen LogP contribution is -2.17. The van der Waals surface area contributed by atoms with Crippen LogP contribution in [0, 0.1) is 0 Å². The topological polar surface area (TPSA) is 52.6 Å². The van der Waals surface area contributed by atoms with Gasteiger partial charge in [0, 0.05) is 34.1 Å². The molecule has 6 rings (SSSR count). The van der Waals surface area contributed by atoms with Crippen molar-refractivity contribution in [2.75, 3.05) is 12.3 Å². The molecule has 3 aliphatic carbocycles. The van der Waals surface area contributed by atoms with Gasteiger partial charge in [0.2, 0.25) is 0 Å². The number of hydrogen-bond acceptors (Lipinski definition) is 4. The molecular weight excluding hydrogens is 438 g/mol. The molecule has 6 heteroatoms. The van der Waals surface area contributed by atoms with E-state index in [1.807, 2.05) is 24.3 Å². The van der Waals surface area contributed by atoms with Crippen LogP contribution >= 0.6 is 14.7 Å². The molecule has 2 unspecified atom stereocenters. The van der Waals surface area contributed by atoms with Crippen molar-refractivity contribution in [2.24, 2.45) is 0 Å². The summed E-state index contributed by atoms with van der Waals surface area (Å²) in [6, 6.07) is 7.78. The quantitative estimate of drug-likeness (QED) is 0.426. The van der Waals surface area contributed by atoms with Gasteiger partial charge in [-0.15, -0.1) is 0 Å². The molecular formula is C26H26O4P2. The minimum Gasteiger partial charge on any atom is -0.440 e. The zero-order valence-electron chi connectivity index (χ0n) is 18.0. The molecule has 0 spiro atoms. The van der Waals surface area contributed by atoms with Gasteiger partial charge in [-0.2, -0.15) is 0 Å². The molecule has 0 N–H and O–H groups in total. The minimum absolute atomic E-state index is 0.234. The van der Waals surface area contributed by atoms with Crippen LogP contribution in [0.1, 0.15) is 44.1 Å².